The van der Waals surface area contributed by atoms with E-state index in [1.807, 2.05) is 0 Å². The van der Waals surface area contributed by atoms with E-state index in [1.54, 1.807) is 0 Å². The summed E-state index contributed by atoms with van der Waals surface area (Å²) >= 11 is 0. The van der Waals surface area contributed by atoms with Crippen molar-refractivity contribution in [3.63, 3.8) is 0 Å². The summed E-state index contributed by atoms with van der Waals surface area (Å²) < 4.78 is 4.87. The number of hydrogen-bond acceptors (Lipinski definition) is 4. The monoisotopic (exact) mass is 239 g/mol. The van der Waals surface area contributed by atoms with E-state index in [0.717, 1.165) is 0 Å². The number of carbonyl (C=O) groups is 2. The van der Waals surface area contributed by atoms with Gasteiger partial charge in [0.15, 0.2) is 5.72 Å². The predicted molar refractivity (Wildman–Crippen MR) is 61.9 cm³/mol. The normalized spacial score (nSPS) is 18.7. The van der Waals surface area contributed by atoms with Crippen LogP contribution in [0.25, 0.3) is 0 Å². The average molecular weight is 239 g/mol. The molecular weight excluding hydrogens is 222 g/mol. The Hall–Kier alpha value is -1.62. The van der Waals surface area contributed by atoms with Crippen molar-refractivity contribution in [2.45, 2.75) is 25.5 Å². The number of hydrogen-bond donors (Lipinski definition) is 1. The Balaban J connectivity index is 2.68. The summed E-state index contributed by atoms with van der Waals surface area (Å²) in [5, 5.41) is 10.2. The van der Waals surface area contributed by atoms with Gasteiger partial charge in [-0.25, -0.2) is 4.79 Å². The first-order valence-corrected chi connectivity index (χ1v) is 5.40. The van der Waals surface area contributed by atoms with E-state index in [2.05, 4.69) is 13.2 Å². The van der Waals surface area contributed by atoms with E-state index >= 15 is 0 Å². The lowest BCUT2D eigenvalue weighted by Gasteiger charge is -2.33. The summed E-state index contributed by atoms with van der Waals surface area (Å²) in [4.78, 5) is 24.0. The highest BCUT2D eigenvalue weighted by molar-refractivity contribution is 5.87. The Kier molecular flexibility index (Phi) is 4.07. The van der Waals surface area contributed by atoms with Gasteiger partial charge in [0.25, 0.3) is 0 Å². The summed E-state index contributed by atoms with van der Waals surface area (Å²) in [6.07, 6.45) is 2.29. The maximum Gasteiger partial charge on any atom is 0.333 e. The first-order valence-electron chi connectivity index (χ1n) is 5.40. The lowest BCUT2D eigenvalue weighted by molar-refractivity contribution is -0.164. The van der Waals surface area contributed by atoms with Gasteiger partial charge in [-0.05, 0) is 19.4 Å². The van der Waals surface area contributed by atoms with Crippen molar-refractivity contribution >= 4 is 11.9 Å². The van der Waals surface area contributed by atoms with E-state index in [4.69, 9.17) is 4.74 Å². The van der Waals surface area contributed by atoms with Crippen molar-refractivity contribution in [3.8, 4) is 0 Å². The van der Waals surface area contributed by atoms with Crippen LogP contribution in [0.3, 0.4) is 0 Å². The fourth-order valence-corrected chi connectivity index (χ4v) is 1.60. The molecule has 0 radical (unpaired) electrons. The van der Waals surface area contributed by atoms with Crippen molar-refractivity contribution in [1.29, 1.82) is 0 Å². The SMILES string of the molecule is C=CC(O)(COC(=O)C(=C)C)N1CCCC1=O. The molecule has 1 fully saturated rings. The van der Waals surface area contributed by atoms with E-state index in [0.29, 0.717) is 19.4 Å². The summed E-state index contributed by atoms with van der Waals surface area (Å²) in [6.45, 7) is 8.53. The maximum atomic E-state index is 11.5. The number of nitrogens with zero attached hydrogens (tertiary/aromatic N) is 1. The molecule has 1 unspecified atom stereocenters. The van der Waals surface area contributed by atoms with E-state index in [-0.39, 0.29) is 18.1 Å². The molecule has 0 aromatic rings. The zero-order valence-corrected chi connectivity index (χ0v) is 9.94. The molecule has 0 aromatic carbocycles. The standard InChI is InChI=1S/C12H17NO4/c1-4-12(16,8-17-11(15)9(2)3)13-7-5-6-10(13)14/h4,16H,1-2,5-8H2,3H3. The molecule has 0 bridgehead atoms. The Bertz CT molecular complexity index is 364. The molecule has 0 spiro atoms. The minimum Gasteiger partial charge on any atom is -0.457 e. The molecule has 17 heavy (non-hydrogen) atoms. The van der Waals surface area contributed by atoms with Gasteiger partial charge in [0.2, 0.25) is 5.91 Å². The molecule has 0 aromatic heterocycles. The average Bonchev–Trinajstić information content (AvgIpc) is 2.72. The lowest BCUT2D eigenvalue weighted by atomic mass is 10.2. The van der Waals surface area contributed by atoms with E-state index in [1.165, 1.54) is 17.9 Å². The number of rotatable bonds is 5. The molecular formula is C12H17NO4. The van der Waals surface area contributed by atoms with Crippen LogP contribution >= 0.6 is 0 Å². The van der Waals surface area contributed by atoms with Gasteiger partial charge >= 0.3 is 5.97 Å². The van der Waals surface area contributed by atoms with Crippen molar-refractivity contribution in [2.75, 3.05) is 13.2 Å². The van der Waals surface area contributed by atoms with Gasteiger partial charge in [-0.3, -0.25) is 4.79 Å². The third-order valence-electron chi connectivity index (χ3n) is 2.63. The molecule has 94 valence electrons. The molecule has 0 saturated carbocycles. The Morgan fingerprint density at radius 2 is 2.35 bits per heavy atom. The van der Waals surface area contributed by atoms with Crippen LogP contribution in [0.2, 0.25) is 0 Å². The zero-order valence-electron chi connectivity index (χ0n) is 9.94. The number of likely N-dealkylation sites (tertiary alicyclic amines) is 1. The Morgan fingerprint density at radius 3 is 2.76 bits per heavy atom. The third-order valence-corrected chi connectivity index (χ3v) is 2.63. The van der Waals surface area contributed by atoms with Gasteiger partial charge in [-0.1, -0.05) is 13.2 Å². The van der Waals surface area contributed by atoms with Gasteiger partial charge in [-0.15, -0.1) is 0 Å². The molecule has 5 heteroatoms. The van der Waals surface area contributed by atoms with Crippen LogP contribution in [-0.2, 0) is 14.3 Å². The van der Waals surface area contributed by atoms with Crippen molar-refractivity contribution < 1.29 is 19.4 Å². The van der Waals surface area contributed by atoms with Crippen LogP contribution in [-0.4, -0.2) is 40.8 Å². The van der Waals surface area contributed by atoms with Crippen LogP contribution in [0, 0.1) is 0 Å². The summed E-state index contributed by atoms with van der Waals surface area (Å²) in [5.41, 5.74) is -1.39. The second kappa shape index (κ2) is 5.14. The lowest BCUT2D eigenvalue weighted by Crippen LogP contribution is -2.51. The highest BCUT2D eigenvalue weighted by Gasteiger charge is 2.38. The number of ether oxygens (including phenoxy) is 1. The van der Waals surface area contributed by atoms with Crippen LogP contribution in [0.5, 0.6) is 0 Å². The maximum absolute atomic E-state index is 11.5. The number of amides is 1. The first-order chi connectivity index (χ1) is 7.90. The van der Waals surface area contributed by atoms with Gasteiger partial charge < -0.3 is 14.7 Å². The molecule has 1 amide bonds. The molecule has 0 aliphatic carbocycles. The second-order valence-electron chi connectivity index (χ2n) is 4.09. The topological polar surface area (TPSA) is 66.8 Å². The van der Waals surface area contributed by atoms with Crippen molar-refractivity contribution in [1.82, 2.24) is 4.90 Å². The molecule has 1 heterocycles. The smallest absolute Gasteiger partial charge is 0.333 e. The van der Waals surface area contributed by atoms with Gasteiger partial charge in [0.1, 0.15) is 6.61 Å². The second-order valence-corrected chi connectivity index (χ2v) is 4.09. The molecule has 1 aliphatic rings. The minimum atomic E-state index is -1.63. The van der Waals surface area contributed by atoms with Crippen LogP contribution < -0.4 is 0 Å². The summed E-state index contributed by atoms with van der Waals surface area (Å²) in [6, 6.07) is 0. The van der Waals surface area contributed by atoms with E-state index in [9.17, 15) is 14.7 Å². The highest BCUT2D eigenvalue weighted by Crippen LogP contribution is 2.22. The van der Waals surface area contributed by atoms with E-state index < -0.39 is 11.7 Å². The molecule has 1 N–H and O–H groups in total. The molecule has 1 atom stereocenters. The summed E-state index contributed by atoms with van der Waals surface area (Å²) in [7, 11) is 0. The zero-order chi connectivity index (χ0) is 13.1. The van der Waals surface area contributed by atoms with Crippen LogP contribution in [0.15, 0.2) is 24.8 Å². The molecule has 1 aliphatic heterocycles. The van der Waals surface area contributed by atoms with Gasteiger partial charge in [-0.2, -0.15) is 0 Å². The van der Waals surface area contributed by atoms with Crippen LogP contribution in [0.1, 0.15) is 19.8 Å². The van der Waals surface area contributed by atoms with Crippen molar-refractivity contribution in [2.24, 2.45) is 0 Å². The van der Waals surface area contributed by atoms with Gasteiger partial charge in [0, 0.05) is 18.5 Å². The number of esters is 1. The quantitative estimate of drug-likeness (QED) is 0.433. The molecule has 1 rings (SSSR count). The third kappa shape index (κ3) is 2.94. The Labute approximate surface area is 100 Å². The van der Waals surface area contributed by atoms with Gasteiger partial charge in [0.05, 0.1) is 0 Å². The largest absolute Gasteiger partial charge is 0.457 e. The minimum absolute atomic E-state index is 0.168. The fourth-order valence-electron chi connectivity index (χ4n) is 1.60. The Morgan fingerprint density at radius 1 is 1.71 bits per heavy atom. The fraction of sp³-hybridized carbons (Fsp3) is 0.500. The molecule has 5 nitrogen and oxygen atoms in total. The predicted octanol–water partition coefficient (Wildman–Crippen LogP) is 0.603. The van der Waals surface area contributed by atoms with Crippen molar-refractivity contribution in [3.05, 3.63) is 24.8 Å². The highest BCUT2D eigenvalue weighted by atomic mass is 16.5. The number of carbonyl (C=O) groups excluding carboxylic acids is 2. The number of aliphatic hydroxyl groups is 1. The first kappa shape index (κ1) is 13.4. The molecule has 1 saturated heterocycles. The summed E-state index contributed by atoms with van der Waals surface area (Å²) in [5.74, 6) is -0.768. The van der Waals surface area contributed by atoms with Crippen LogP contribution in [0.4, 0.5) is 0 Å².